The summed E-state index contributed by atoms with van der Waals surface area (Å²) in [4.78, 5) is 31.4. The van der Waals surface area contributed by atoms with E-state index >= 15 is 0 Å². The van der Waals surface area contributed by atoms with Crippen molar-refractivity contribution < 1.29 is 9.59 Å². The third kappa shape index (κ3) is 4.14. The molecule has 2 amide bonds. The summed E-state index contributed by atoms with van der Waals surface area (Å²) in [5.74, 6) is 0.0170. The van der Waals surface area contributed by atoms with Crippen LogP contribution >= 0.6 is 11.3 Å². The van der Waals surface area contributed by atoms with Gasteiger partial charge >= 0.3 is 0 Å². The molecular weight excluding hydrogens is 408 g/mol. The second-order valence-electron chi connectivity index (χ2n) is 8.53. The van der Waals surface area contributed by atoms with Crippen LogP contribution in [0.1, 0.15) is 34.5 Å². The highest BCUT2D eigenvalue weighted by Crippen LogP contribution is 2.39. The molecule has 1 N–H and O–H groups in total. The fourth-order valence-corrected chi connectivity index (χ4v) is 5.41. The van der Waals surface area contributed by atoms with Crippen molar-refractivity contribution in [1.82, 2.24) is 20.0 Å². The third-order valence-electron chi connectivity index (χ3n) is 6.12. The van der Waals surface area contributed by atoms with Crippen molar-refractivity contribution in [2.45, 2.75) is 26.2 Å². The van der Waals surface area contributed by atoms with E-state index in [4.69, 9.17) is 0 Å². The first-order valence-electron chi connectivity index (χ1n) is 10.5. The number of carbonyl (C=O) groups is 2. The van der Waals surface area contributed by atoms with Crippen LogP contribution in [0.3, 0.4) is 0 Å². The summed E-state index contributed by atoms with van der Waals surface area (Å²) >= 11 is 1.70. The number of carbonyl (C=O) groups excluding carboxylic acids is 2. The number of thiophene rings is 1. The van der Waals surface area contributed by atoms with Crippen molar-refractivity contribution in [3.05, 3.63) is 64.8 Å². The van der Waals surface area contributed by atoms with Crippen LogP contribution in [0.15, 0.2) is 48.0 Å². The van der Waals surface area contributed by atoms with Crippen LogP contribution in [0.5, 0.6) is 0 Å². The lowest BCUT2D eigenvalue weighted by Crippen LogP contribution is -2.54. The van der Waals surface area contributed by atoms with Crippen LogP contribution in [-0.2, 0) is 11.2 Å². The molecule has 1 atom stereocenters. The van der Waals surface area contributed by atoms with Gasteiger partial charge in [0, 0.05) is 37.8 Å². The minimum Gasteiger partial charge on any atom is -0.348 e. The topological polar surface area (TPSA) is 69.3 Å². The fourth-order valence-electron chi connectivity index (χ4n) is 4.62. The Morgan fingerprint density at radius 1 is 1.23 bits per heavy atom. The number of rotatable bonds is 5. The Labute approximate surface area is 186 Å². The normalized spacial score (nSPS) is 18.7. The van der Waals surface area contributed by atoms with E-state index < -0.39 is 5.41 Å². The first-order valence-corrected chi connectivity index (χ1v) is 11.4. The van der Waals surface area contributed by atoms with E-state index in [2.05, 4.69) is 33.8 Å². The number of nitrogens with zero attached hydrogens (tertiary/aromatic N) is 3. The van der Waals surface area contributed by atoms with Crippen LogP contribution in [0.2, 0.25) is 0 Å². The standard InChI is InChI=1S/C24H28N4O2S/c1-17-20(15-25-26-17)22(29)28-12-7-11-24(16-28,23(30)27(2)3)14-18-8-4-5-9-19(18)21-10-6-13-31-21/h4-6,8-10,13,15H,7,11-12,14,16H2,1-3H3,(H,25,26)/t24-/m0/s1. The van der Waals surface area contributed by atoms with E-state index in [0.717, 1.165) is 29.7 Å². The van der Waals surface area contributed by atoms with Crippen molar-refractivity contribution in [1.29, 1.82) is 0 Å². The minimum absolute atomic E-state index is 0.0616. The molecule has 1 fully saturated rings. The van der Waals surface area contributed by atoms with Crippen molar-refractivity contribution in [3.63, 3.8) is 0 Å². The molecule has 0 aliphatic carbocycles. The fraction of sp³-hybridized carbons (Fsp3) is 0.375. The maximum Gasteiger partial charge on any atom is 0.257 e. The number of hydrogen-bond donors (Lipinski definition) is 1. The van der Waals surface area contributed by atoms with Crippen LogP contribution in [0, 0.1) is 12.3 Å². The highest BCUT2D eigenvalue weighted by molar-refractivity contribution is 7.13. The second-order valence-corrected chi connectivity index (χ2v) is 9.48. The van der Waals surface area contributed by atoms with Gasteiger partial charge in [-0.25, -0.2) is 0 Å². The minimum atomic E-state index is -0.650. The number of hydrogen-bond acceptors (Lipinski definition) is 4. The highest BCUT2D eigenvalue weighted by Gasteiger charge is 2.45. The number of benzene rings is 1. The maximum absolute atomic E-state index is 13.5. The van der Waals surface area contributed by atoms with Gasteiger partial charge in [-0.1, -0.05) is 30.3 Å². The lowest BCUT2D eigenvalue weighted by atomic mass is 9.73. The van der Waals surface area contributed by atoms with E-state index in [9.17, 15) is 9.59 Å². The lowest BCUT2D eigenvalue weighted by Gasteiger charge is -2.43. The van der Waals surface area contributed by atoms with Gasteiger partial charge in [0.15, 0.2) is 0 Å². The highest BCUT2D eigenvalue weighted by atomic mass is 32.1. The molecule has 0 radical (unpaired) electrons. The van der Waals surface area contributed by atoms with Gasteiger partial charge < -0.3 is 9.80 Å². The summed E-state index contributed by atoms with van der Waals surface area (Å²) in [5.41, 5.74) is 2.99. The number of nitrogens with one attached hydrogen (secondary N) is 1. The SMILES string of the molecule is Cc1[nH]ncc1C(=O)N1CCC[C@@](Cc2ccccc2-c2cccs2)(C(=O)N(C)C)C1. The number of aromatic nitrogens is 2. The molecule has 2 aromatic heterocycles. The molecular formula is C24H28N4O2S. The van der Waals surface area contributed by atoms with Gasteiger partial charge in [-0.2, -0.15) is 5.10 Å². The van der Waals surface area contributed by atoms with Crippen LogP contribution < -0.4 is 0 Å². The molecule has 1 aliphatic heterocycles. The molecule has 1 saturated heterocycles. The van der Waals surface area contributed by atoms with E-state index in [1.807, 2.05) is 30.0 Å². The molecule has 0 bridgehead atoms. The molecule has 162 valence electrons. The maximum atomic E-state index is 13.5. The number of aromatic amines is 1. The van der Waals surface area contributed by atoms with E-state index in [1.165, 1.54) is 4.88 Å². The van der Waals surface area contributed by atoms with Gasteiger partial charge in [0.1, 0.15) is 0 Å². The lowest BCUT2D eigenvalue weighted by molar-refractivity contribution is -0.142. The predicted octanol–water partition coefficient (Wildman–Crippen LogP) is 4.00. The monoisotopic (exact) mass is 436 g/mol. The second kappa shape index (κ2) is 8.67. The Bertz CT molecular complexity index is 1070. The Hall–Kier alpha value is -2.93. The molecule has 7 heteroatoms. The van der Waals surface area contributed by atoms with Crippen LogP contribution in [0.4, 0.5) is 0 Å². The van der Waals surface area contributed by atoms with Gasteiger partial charge in [-0.3, -0.25) is 14.7 Å². The zero-order chi connectivity index (χ0) is 22.0. The van der Waals surface area contributed by atoms with Gasteiger partial charge in [0.05, 0.1) is 17.2 Å². The summed E-state index contributed by atoms with van der Waals surface area (Å²) in [6.45, 7) is 2.91. The molecule has 0 saturated carbocycles. The van der Waals surface area contributed by atoms with Crippen molar-refractivity contribution in [2.75, 3.05) is 27.2 Å². The molecule has 3 heterocycles. The molecule has 1 aromatic carbocycles. The van der Waals surface area contributed by atoms with Crippen LogP contribution in [-0.4, -0.2) is 59.0 Å². The van der Waals surface area contributed by atoms with Crippen LogP contribution in [0.25, 0.3) is 10.4 Å². The predicted molar refractivity (Wildman–Crippen MR) is 123 cm³/mol. The molecule has 0 spiro atoms. The summed E-state index contributed by atoms with van der Waals surface area (Å²) in [7, 11) is 3.60. The summed E-state index contributed by atoms with van der Waals surface area (Å²) in [5, 5.41) is 8.91. The van der Waals surface area contributed by atoms with Gasteiger partial charge in [0.25, 0.3) is 5.91 Å². The number of aryl methyl sites for hydroxylation is 1. The molecule has 4 rings (SSSR count). The number of amides is 2. The number of likely N-dealkylation sites (tertiary alicyclic amines) is 1. The van der Waals surface area contributed by atoms with E-state index in [-0.39, 0.29) is 11.8 Å². The average molecular weight is 437 g/mol. The average Bonchev–Trinajstić information content (AvgIpc) is 3.45. The molecule has 31 heavy (non-hydrogen) atoms. The van der Waals surface area contributed by atoms with Crippen molar-refractivity contribution in [2.24, 2.45) is 5.41 Å². The Morgan fingerprint density at radius 2 is 2.03 bits per heavy atom. The quantitative estimate of drug-likeness (QED) is 0.657. The van der Waals surface area contributed by atoms with E-state index in [0.29, 0.717) is 25.1 Å². The van der Waals surface area contributed by atoms with Gasteiger partial charge in [-0.15, -0.1) is 11.3 Å². The Morgan fingerprint density at radius 3 is 2.71 bits per heavy atom. The molecule has 0 unspecified atom stereocenters. The van der Waals surface area contributed by atoms with Crippen molar-refractivity contribution in [3.8, 4) is 10.4 Å². The summed E-state index contributed by atoms with van der Waals surface area (Å²) in [6, 6.07) is 12.5. The largest absolute Gasteiger partial charge is 0.348 e. The zero-order valence-electron chi connectivity index (χ0n) is 18.2. The van der Waals surface area contributed by atoms with Gasteiger partial charge in [0.2, 0.25) is 5.91 Å². The first kappa shape index (κ1) is 21.3. The van der Waals surface area contributed by atoms with Crippen molar-refractivity contribution >= 4 is 23.2 Å². The number of piperidine rings is 1. The summed E-state index contributed by atoms with van der Waals surface area (Å²) < 4.78 is 0. The zero-order valence-corrected chi connectivity index (χ0v) is 19.0. The Balaban J connectivity index is 1.69. The summed E-state index contributed by atoms with van der Waals surface area (Å²) in [6.07, 6.45) is 3.74. The molecule has 1 aliphatic rings. The van der Waals surface area contributed by atoms with Gasteiger partial charge in [-0.05, 0) is 48.8 Å². The van der Waals surface area contributed by atoms with E-state index in [1.54, 1.807) is 36.5 Å². The number of H-pyrrole nitrogens is 1. The molecule has 3 aromatic rings. The Kier molecular flexibility index (Phi) is 5.96. The third-order valence-corrected chi connectivity index (χ3v) is 7.02. The molecule has 6 nitrogen and oxygen atoms in total. The first-order chi connectivity index (χ1) is 14.9. The smallest absolute Gasteiger partial charge is 0.257 e.